The average molecular weight is 237 g/mol. The monoisotopic (exact) mass is 237 g/mol. The molecule has 1 rings (SSSR count). The fraction of sp³-hybridized carbons (Fsp3) is 0.400. The van der Waals surface area contributed by atoms with Gasteiger partial charge in [-0.3, -0.25) is 0 Å². The van der Waals surface area contributed by atoms with Crippen molar-refractivity contribution >= 4 is 5.69 Å². The summed E-state index contributed by atoms with van der Waals surface area (Å²) in [4.78, 5) is 0. The van der Waals surface area contributed by atoms with Gasteiger partial charge >= 0.3 is 0 Å². The Morgan fingerprint density at radius 3 is 2.08 bits per heavy atom. The van der Waals surface area contributed by atoms with Crippen LogP contribution in [0.25, 0.3) is 5.73 Å². The molecule has 0 atom stereocenters. The van der Waals surface area contributed by atoms with E-state index in [1.165, 1.54) is 5.56 Å². The zero-order valence-electron chi connectivity index (χ0n) is 7.89. The quantitative estimate of drug-likeness (QED) is 0.657. The predicted molar refractivity (Wildman–Crippen MR) is 49.1 cm³/mol. The average Bonchev–Trinajstić information content (AvgIpc) is 1.86. The molecular formula is C10H14NY-. The predicted octanol–water partition coefficient (Wildman–Crippen LogP) is 3.67. The van der Waals surface area contributed by atoms with Crippen molar-refractivity contribution in [1.29, 1.82) is 0 Å². The van der Waals surface area contributed by atoms with Gasteiger partial charge in [-0.2, -0.15) is 0 Å². The molecule has 0 fully saturated rings. The molecule has 2 heteroatoms. The van der Waals surface area contributed by atoms with E-state index in [-0.39, 0.29) is 38.1 Å². The maximum Gasteiger partial charge on any atom is 0 e. The van der Waals surface area contributed by atoms with Crippen molar-refractivity contribution < 1.29 is 32.7 Å². The van der Waals surface area contributed by atoms with Crippen molar-refractivity contribution in [3.63, 3.8) is 0 Å². The Morgan fingerprint density at radius 1 is 1.17 bits per heavy atom. The van der Waals surface area contributed by atoms with Gasteiger partial charge in [0.05, 0.1) is 0 Å². The summed E-state index contributed by atoms with van der Waals surface area (Å²) in [6.07, 6.45) is 0. The van der Waals surface area contributed by atoms with Crippen molar-refractivity contribution in [3.05, 3.63) is 35.6 Å². The summed E-state index contributed by atoms with van der Waals surface area (Å²) >= 11 is 0. The molecule has 0 unspecified atom stereocenters. The molecule has 0 saturated heterocycles. The zero-order valence-corrected chi connectivity index (χ0v) is 10.7. The van der Waals surface area contributed by atoms with Crippen molar-refractivity contribution in [2.75, 3.05) is 0 Å². The Labute approximate surface area is 99.6 Å². The molecule has 0 aliphatic heterocycles. The molecule has 0 bridgehead atoms. The first kappa shape index (κ1) is 12.1. The third kappa shape index (κ3) is 3.24. The molecule has 0 aromatic heterocycles. The molecule has 12 heavy (non-hydrogen) atoms. The molecule has 0 saturated carbocycles. The number of hydrogen-bond donors (Lipinski definition) is 0. The summed E-state index contributed by atoms with van der Waals surface area (Å²) in [5.74, 6) is 0. The molecule has 1 radical (unpaired) electrons. The fourth-order valence-electron chi connectivity index (χ4n) is 0.986. The van der Waals surface area contributed by atoms with Gasteiger partial charge in [0, 0.05) is 32.7 Å². The van der Waals surface area contributed by atoms with Gasteiger partial charge in [-0.25, -0.2) is 0 Å². The smallest absolute Gasteiger partial charge is 0 e. The van der Waals surface area contributed by atoms with Gasteiger partial charge in [0.2, 0.25) is 0 Å². The van der Waals surface area contributed by atoms with Gasteiger partial charge in [0.15, 0.2) is 0 Å². The van der Waals surface area contributed by atoms with Gasteiger partial charge in [-0.15, -0.1) is 5.69 Å². The molecule has 0 heterocycles. The van der Waals surface area contributed by atoms with E-state index in [0.29, 0.717) is 5.69 Å². The molecule has 1 aromatic carbocycles. The van der Waals surface area contributed by atoms with Gasteiger partial charge in [0.1, 0.15) is 0 Å². The van der Waals surface area contributed by atoms with Crippen LogP contribution < -0.4 is 0 Å². The molecule has 63 valence electrons. The third-order valence-corrected chi connectivity index (χ3v) is 1.73. The molecule has 0 aliphatic carbocycles. The Hall–Kier alpha value is 0.124. The number of nitrogens with one attached hydrogen (secondary N) is 1. The van der Waals surface area contributed by atoms with E-state index < -0.39 is 0 Å². The first-order valence-electron chi connectivity index (χ1n) is 3.82. The van der Waals surface area contributed by atoms with E-state index in [4.69, 9.17) is 5.73 Å². The minimum Gasteiger partial charge on any atom is -0.699 e. The standard InChI is InChI=1S/C10H14N.Y/c1-10(2,3)8-5-4-6-9(11)7-8;/h4-7,11H,1-3H3;/q-1;. The second-order valence-corrected chi connectivity index (χ2v) is 3.83. The summed E-state index contributed by atoms with van der Waals surface area (Å²) in [7, 11) is 0. The largest absolute Gasteiger partial charge is 0.699 e. The number of rotatable bonds is 0. The van der Waals surface area contributed by atoms with Crippen LogP contribution in [-0.4, -0.2) is 0 Å². The molecule has 0 spiro atoms. The van der Waals surface area contributed by atoms with Gasteiger partial charge in [-0.05, 0) is 11.0 Å². The third-order valence-electron chi connectivity index (χ3n) is 1.73. The van der Waals surface area contributed by atoms with Crippen LogP contribution in [0.15, 0.2) is 24.3 Å². The Kier molecular flexibility index (Phi) is 4.43. The minimum absolute atomic E-state index is 0. The first-order chi connectivity index (χ1) is 5.00. The minimum atomic E-state index is 0. The number of benzene rings is 1. The summed E-state index contributed by atoms with van der Waals surface area (Å²) in [5.41, 5.74) is 9.40. The molecule has 0 amide bonds. The van der Waals surface area contributed by atoms with Crippen molar-refractivity contribution in [2.45, 2.75) is 26.2 Å². The van der Waals surface area contributed by atoms with Gasteiger partial charge in [0.25, 0.3) is 0 Å². The Morgan fingerprint density at radius 2 is 1.75 bits per heavy atom. The van der Waals surface area contributed by atoms with Crippen LogP contribution in [0.3, 0.4) is 0 Å². The zero-order chi connectivity index (χ0) is 8.48. The van der Waals surface area contributed by atoms with Gasteiger partial charge < -0.3 is 5.73 Å². The maximum absolute atomic E-state index is 7.42. The first-order valence-corrected chi connectivity index (χ1v) is 3.82. The molecule has 1 aromatic rings. The summed E-state index contributed by atoms with van der Waals surface area (Å²) in [6.45, 7) is 6.46. The summed E-state index contributed by atoms with van der Waals surface area (Å²) < 4.78 is 0. The van der Waals surface area contributed by atoms with Crippen LogP contribution in [0.2, 0.25) is 0 Å². The van der Waals surface area contributed by atoms with E-state index in [9.17, 15) is 0 Å². The SMILES string of the molecule is CC(C)(C)c1cccc([NH-])c1.[Y]. The maximum atomic E-state index is 7.42. The van der Waals surface area contributed by atoms with E-state index in [1.54, 1.807) is 6.07 Å². The normalized spacial score (nSPS) is 10.6. The van der Waals surface area contributed by atoms with Gasteiger partial charge in [-0.1, -0.05) is 45.0 Å². The second kappa shape index (κ2) is 4.39. The van der Waals surface area contributed by atoms with Crippen LogP contribution in [-0.2, 0) is 38.1 Å². The summed E-state index contributed by atoms with van der Waals surface area (Å²) in [6, 6.07) is 7.72. The van der Waals surface area contributed by atoms with E-state index in [0.717, 1.165) is 0 Å². The van der Waals surface area contributed by atoms with Crippen molar-refractivity contribution in [2.24, 2.45) is 0 Å². The van der Waals surface area contributed by atoms with Crippen molar-refractivity contribution in [3.8, 4) is 0 Å². The van der Waals surface area contributed by atoms with E-state index in [2.05, 4.69) is 26.8 Å². The van der Waals surface area contributed by atoms with Crippen LogP contribution in [0.1, 0.15) is 26.3 Å². The van der Waals surface area contributed by atoms with Crippen LogP contribution in [0, 0.1) is 0 Å². The van der Waals surface area contributed by atoms with E-state index in [1.807, 2.05) is 12.1 Å². The second-order valence-electron chi connectivity index (χ2n) is 3.83. The Balaban J connectivity index is 0.00000121. The van der Waals surface area contributed by atoms with E-state index >= 15 is 0 Å². The molecule has 1 N–H and O–H groups in total. The Bertz CT molecular complexity index is 250. The van der Waals surface area contributed by atoms with Crippen LogP contribution in [0.5, 0.6) is 0 Å². The number of hydrogen-bond acceptors (Lipinski definition) is 0. The molecule has 0 aliphatic rings. The topological polar surface area (TPSA) is 23.8 Å². The molecule has 1 nitrogen and oxygen atoms in total. The molecular weight excluding hydrogens is 223 g/mol. The van der Waals surface area contributed by atoms with Crippen LogP contribution in [0.4, 0.5) is 5.69 Å². The fourth-order valence-corrected chi connectivity index (χ4v) is 0.986. The van der Waals surface area contributed by atoms with Crippen LogP contribution >= 0.6 is 0 Å². The van der Waals surface area contributed by atoms with Crippen molar-refractivity contribution in [1.82, 2.24) is 0 Å². The summed E-state index contributed by atoms with van der Waals surface area (Å²) in [5, 5.41) is 0.